The first-order chi connectivity index (χ1) is 9.86. The van der Waals surface area contributed by atoms with Crippen molar-refractivity contribution >= 4 is 21.9 Å². The number of nitrogens with two attached hydrogens (primary N) is 1. The lowest BCUT2D eigenvalue weighted by atomic mass is 10.0. The third-order valence-electron chi connectivity index (χ3n) is 3.62. The van der Waals surface area contributed by atoms with E-state index < -0.39 is 0 Å². The van der Waals surface area contributed by atoms with E-state index in [0.717, 1.165) is 38.8 Å². The van der Waals surface area contributed by atoms with E-state index in [0.29, 0.717) is 6.54 Å². The van der Waals surface area contributed by atoms with Crippen LogP contribution in [-0.2, 0) is 6.54 Å². The van der Waals surface area contributed by atoms with Gasteiger partial charge in [-0.1, -0.05) is 24.3 Å². The monoisotopic (exact) mass is 263 g/mol. The van der Waals surface area contributed by atoms with Gasteiger partial charge >= 0.3 is 0 Å². The van der Waals surface area contributed by atoms with E-state index in [1.165, 1.54) is 0 Å². The maximum atomic E-state index is 5.83. The van der Waals surface area contributed by atoms with E-state index in [9.17, 15) is 0 Å². The second-order valence-corrected chi connectivity index (χ2v) is 4.77. The number of rotatable bonds is 2. The number of fused-ring (bicyclic) bond motifs is 3. The lowest BCUT2D eigenvalue weighted by Crippen LogP contribution is -1.95. The van der Waals surface area contributed by atoms with Crippen LogP contribution < -0.4 is 5.73 Å². The van der Waals surface area contributed by atoms with Gasteiger partial charge in [0.15, 0.2) is 0 Å². The van der Waals surface area contributed by atoms with Crippen LogP contribution in [-0.4, -0.2) is 0 Å². The van der Waals surface area contributed by atoms with Crippen LogP contribution in [0.1, 0.15) is 5.76 Å². The molecule has 0 aliphatic rings. The van der Waals surface area contributed by atoms with Gasteiger partial charge in [-0.05, 0) is 29.8 Å². The summed E-state index contributed by atoms with van der Waals surface area (Å²) in [4.78, 5) is 0. The molecule has 20 heavy (non-hydrogen) atoms. The SMILES string of the molecule is NCc1occc1-c1ccc2oc3ccccc3c2c1. The van der Waals surface area contributed by atoms with Crippen LogP contribution in [0.25, 0.3) is 33.1 Å². The molecule has 0 radical (unpaired) electrons. The molecule has 0 aliphatic heterocycles. The smallest absolute Gasteiger partial charge is 0.135 e. The van der Waals surface area contributed by atoms with Gasteiger partial charge in [0.1, 0.15) is 16.9 Å². The standard InChI is InChI=1S/C17H13NO2/c18-10-17-12(7-8-19-17)11-5-6-16-14(9-11)13-3-1-2-4-15(13)20-16/h1-9H,10,18H2. The fraction of sp³-hybridized carbons (Fsp3) is 0.0588. The zero-order valence-electron chi connectivity index (χ0n) is 10.8. The molecular formula is C17H13NO2. The Morgan fingerprint density at radius 1 is 0.900 bits per heavy atom. The molecule has 2 aromatic heterocycles. The number of para-hydroxylation sites is 1. The van der Waals surface area contributed by atoms with E-state index in [1.807, 2.05) is 36.4 Å². The van der Waals surface area contributed by atoms with Crippen molar-refractivity contribution in [3.05, 3.63) is 60.6 Å². The molecule has 2 N–H and O–H groups in total. The van der Waals surface area contributed by atoms with Crippen molar-refractivity contribution in [2.24, 2.45) is 5.73 Å². The minimum atomic E-state index is 0.395. The van der Waals surface area contributed by atoms with E-state index in [-0.39, 0.29) is 0 Å². The van der Waals surface area contributed by atoms with Crippen LogP contribution >= 0.6 is 0 Å². The number of hydrogen-bond donors (Lipinski definition) is 1. The van der Waals surface area contributed by atoms with Gasteiger partial charge in [-0.3, -0.25) is 0 Å². The summed E-state index contributed by atoms with van der Waals surface area (Å²) in [5.41, 5.74) is 9.64. The molecule has 4 aromatic rings. The third-order valence-corrected chi connectivity index (χ3v) is 3.62. The average Bonchev–Trinajstić information content (AvgIpc) is 3.10. The largest absolute Gasteiger partial charge is 0.467 e. The minimum Gasteiger partial charge on any atom is -0.467 e. The van der Waals surface area contributed by atoms with Crippen LogP contribution in [0, 0.1) is 0 Å². The molecule has 2 aromatic carbocycles. The van der Waals surface area contributed by atoms with Gasteiger partial charge in [0.2, 0.25) is 0 Å². The van der Waals surface area contributed by atoms with Gasteiger partial charge in [0.25, 0.3) is 0 Å². The summed E-state index contributed by atoms with van der Waals surface area (Å²) in [7, 11) is 0. The molecule has 3 nitrogen and oxygen atoms in total. The van der Waals surface area contributed by atoms with Crippen LogP contribution in [0.2, 0.25) is 0 Å². The molecule has 0 unspecified atom stereocenters. The highest BCUT2D eigenvalue weighted by molar-refractivity contribution is 6.06. The Bertz CT molecular complexity index is 902. The van der Waals surface area contributed by atoms with Crippen molar-refractivity contribution in [3.63, 3.8) is 0 Å². The molecule has 0 aliphatic carbocycles. The summed E-state index contributed by atoms with van der Waals surface area (Å²) in [5, 5.41) is 2.24. The fourth-order valence-corrected chi connectivity index (χ4v) is 2.65. The van der Waals surface area contributed by atoms with Crippen LogP contribution in [0.5, 0.6) is 0 Å². The third kappa shape index (κ3) is 1.57. The molecule has 4 rings (SSSR count). The minimum absolute atomic E-state index is 0.395. The Balaban J connectivity index is 2.00. The summed E-state index contributed by atoms with van der Waals surface area (Å²) in [6.45, 7) is 0.395. The van der Waals surface area contributed by atoms with Gasteiger partial charge in [-0.15, -0.1) is 0 Å². The Morgan fingerprint density at radius 3 is 2.65 bits per heavy atom. The Morgan fingerprint density at radius 2 is 1.75 bits per heavy atom. The first kappa shape index (κ1) is 11.3. The highest BCUT2D eigenvalue weighted by Gasteiger charge is 2.11. The maximum absolute atomic E-state index is 5.83. The van der Waals surface area contributed by atoms with Gasteiger partial charge in [-0.2, -0.15) is 0 Å². The van der Waals surface area contributed by atoms with Crippen LogP contribution in [0.4, 0.5) is 0 Å². The van der Waals surface area contributed by atoms with Gasteiger partial charge in [-0.25, -0.2) is 0 Å². The van der Waals surface area contributed by atoms with Gasteiger partial charge in [0.05, 0.1) is 12.8 Å². The van der Waals surface area contributed by atoms with Crippen LogP contribution in [0.3, 0.4) is 0 Å². The van der Waals surface area contributed by atoms with Crippen molar-refractivity contribution in [3.8, 4) is 11.1 Å². The molecule has 0 fully saturated rings. The van der Waals surface area contributed by atoms with E-state index >= 15 is 0 Å². The first-order valence-electron chi connectivity index (χ1n) is 6.55. The molecule has 2 heterocycles. The van der Waals surface area contributed by atoms with Crippen LogP contribution in [0.15, 0.2) is 63.6 Å². The number of furan rings is 2. The molecule has 3 heteroatoms. The second kappa shape index (κ2) is 4.25. The average molecular weight is 263 g/mol. The Hall–Kier alpha value is -2.52. The molecule has 98 valence electrons. The molecule has 0 amide bonds. The zero-order chi connectivity index (χ0) is 13.5. The summed E-state index contributed by atoms with van der Waals surface area (Å²) < 4.78 is 11.2. The van der Waals surface area contributed by atoms with Crippen molar-refractivity contribution < 1.29 is 8.83 Å². The van der Waals surface area contributed by atoms with Crippen molar-refractivity contribution in [1.29, 1.82) is 0 Å². The molecule has 0 bridgehead atoms. The lowest BCUT2D eigenvalue weighted by molar-refractivity contribution is 0.513. The van der Waals surface area contributed by atoms with Gasteiger partial charge < -0.3 is 14.6 Å². The highest BCUT2D eigenvalue weighted by atomic mass is 16.3. The first-order valence-corrected chi connectivity index (χ1v) is 6.55. The molecule has 0 spiro atoms. The lowest BCUT2D eigenvalue weighted by Gasteiger charge is -2.01. The molecular weight excluding hydrogens is 250 g/mol. The maximum Gasteiger partial charge on any atom is 0.135 e. The Labute approximate surface area is 115 Å². The number of hydrogen-bond acceptors (Lipinski definition) is 3. The number of benzene rings is 2. The summed E-state index contributed by atoms with van der Waals surface area (Å²) in [6.07, 6.45) is 1.68. The van der Waals surface area contributed by atoms with Gasteiger partial charge in [0, 0.05) is 16.3 Å². The summed E-state index contributed by atoms with van der Waals surface area (Å²) in [6, 6.07) is 16.2. The summed E-state index contributed by atoms with van der Waals surface area (Å²) in [5.74, 6) is 0.803. The van der Waals surface area contributed by atoms with Crippen molar-refractivity contribution in [1.82, 2.24) is 0 Å². The normalized spacial score (nSPS) is 11.4. The molecule has 0 atom stereocenters. The van der Waals surface area contributed by atoms with E-state index in [4.69, 9.17) is 14.6 Å². The topological polar surface area (TPSA) is 52.3 Å². The predicted octanol–water partition coefficient (Wildman–Crippen LogP) is 4.30. The zero-order valence-corrected chi connectivity index (χ0v) is 10.8. The van der Waals surface area contributed by atoms with Crippen molar-refractivity contribution in [2.45, 2.75) is 6.54 Å². The highest BCUT2D eigenvalue weighted by Crippen LogP contribution is 2.33. The van der Waals surface area contributed by atoms with Crippen molar-refractivity contribution in [2.75, 3.05) is 0 Å². The Kier molecular flexibility index (Phi) is 2.41. The molecule has 0 saturated carbocycles. The van der Waals surface area contributed by atoms with E-state index in [1.54, 1.807) is 6.26 Å². The molecule has 0 saturated heterocycles. The quantitative estimate of drug-likeness (QED) is 0.586. The fourth-order valence-electron chi connectivity index (χ4n) is 2.65. The van der Waals surface area contributed by atoms with E-state index in [2.05, 4.69) is 12.1 Å². The summed E-state index contributed by atoms with van der Waals surface area (Å²) >= 11 is 0. The predicted molar refractivity (Wildman–Crippen MR) is 79.3 cm³/mol. The second-order valence-electron chi connectivity index (χ2n) is 4.77.